The second-order valence-corrected chi connectivity index (χ2v) is 5.86. The lowest BCUT2D eigenvalue weighted by Gasteiger charge is -2.31. The number of likely N-dealkylation sites (tertiary alicyclic amines) is 1. The number of carbonyl (C=O) groups is 1. The van der Waals surface area contributed by atoms with Crippen molar-refractivity contribution < 1.29 is 9.53 Å². The Morgan fingerprint density at radius 3 is 3.00 bits per heavy atom. The molecule has 21 heavy (non-hydrogen) atoms. The minimum absolute atomic E-state index is 0.0132. The highest BCUT2D eigenvalue weighted by atomic mass is 35.5. The molecule has 1 aliphatic rings. The Hall–Kier alpha value is -1.10. The molecule has 0 saturated carbocycles. The van der Waals surface area contributed by atoms with E-state index in [0.717, 1.165) is 48.6 Å². The SMILES string of the molecule is CCOC(=O)C1CCCN(Cc2ccc(CN)cc2Cl)C1. The number of carbonyl (C=O) groups excluding carboxylic acids is 1. The Bertz CT molecular complexity index is 493. The van der Waals surface area contributed by atoms with Crippen molar-refractivity contribution in [3.8, 4) is 0 Å². The number of nitrogens with two attached hydrogens (primary N) is 1. The quantitative estimate of drug-likeness (QED) is 0.849. The predicted molar refractivity (Wildman–Crippen MR) is 84.0 cm³/mol. The zero-order valence-electron chi connectivity index (χ0n) is 12.5. The first-order valence-electron chi connectivity index (χ1n) is 7.50. The molecule has 116 valence electrons. The van der Waals surface area contributed by atoms with Crippen LogP contribution >= 0.6 is 11.6 Å². The first kappa shape index (κ1) is 16.3. The van der Waals surface area contributed by atoms with Crippen LogP contribution in [0.2, 0.25) is 5.02 Å². The highest BCUT2D eigenvalue weighted by molar-refractivity contribution is 6.31. The van der Waals surface area contributed by atoms with Gasteiger partial charge in [0.05, 0.1) is 12.5 Å². The lowest BCUT2D eigenvalue weighted by atomic mass is 9.97. The number of nitrogens with zero attached hydrogens (tertiary/aromatic N) is 1. The molecular weight excluding hydrogens is 288 g/mol. The highest BCUT2D eigenvalue weighted by Gasteiger charge is 2.27. The summed E-state index contributed by atoms with van der Waals surface area (Å²) in [5.41, 5.74) is 7.73. The van der Waals surface area contributed by atoms with Gasteiger partial charge in [-0.25, -0.2) is 0 Å². The summed E-state index contributed by atoms with van der Waals surface area (Å²) in [5.74, 6) is -0.0902. The van der Waals surface area contributed by atoms with Gasteiger partial charge in [-0.15, -0.1) is 0 Å². The van der Waals surface area contributed by atoms with Gasteiger partial charge in [-0.1, -0.05) is 23.7 Å². The molecule has 0 radical (unpaired) electrons. The van der Waals surface area contributed by atoms with Gasteiger partial charge in [0.15, 0.2) is 0 Å². The number of piperidine rings is 1. The highest BCUT2D eigenvalue weighted by Crippen LogP contribution is 2.23. The number of hydrogen-bond donors (Lipinski definition) is 1. The van der Waals surface area contributed by atoms with E-state index in [2.05, 4.69) is 4.90 Å². The van der Waals surface area contributed by atoms with E-state index in [0.29, 0.717) is 13.2 Å². The van der Waals surface area contributed by atoms with E-state index in [1.807, 2.05) is 25.1 Å². The molecule has 0 spiro atoms. The van der Waals surface area contributed by atoms with E-state index in [-0.39, 0.29) is 11.9 Å². The van der Waals surface area contributed by atoms with Crippen molar-refractivity contribution in [2.45, 2.75) is 32.9 Å². The minimum atomic E-state index is -0.0771. The zero-order chi connectivity index (χ0) is 15.2. The monoisotopic (exact) mass is 310 g/mol. The molecule has 1 saturated heterocycles. The smallest absolute Gasteiger partial charge is 0.310 e. The molecule has 5 heteroatoms. The predicted octanol–water partition coefficient (Wildman–Crippen LogP) is 2.57. The summed E-state index contributed by atoms with van der Waals surface area (Å²) in [5, 5.41) is 0.746. The van der Waals surface area contributed by atoms with Crippen molar-refractivity contribution in [2.75, 3.05) is 19.7 Å². The Balaban J connectivity index is 1.97. The second-order valence-electron chi connectivity index (χ2n) is 5.46. The van der Waals surface area contributed by atoms with Crippen molar-refractivity contribution in [1.29, 1.82) is 0 Å². The summed E-state index contributed by atoms with van der Waals surface area (Å²) in [4.78, 5) is 14.1. The molecule has 0 aromatic heterocycles. The van der Waals surface area contributed by atoms with Crippen LogP contribution in [0.5, 0.6) is 0 Å². The number of benzene rings is 1. The maximum atomic E-state index is 11.9. The minimum Gasteiger partial charge on any atom is -0.466 e. The van der Waals surface area contributed by atoms with Crippen LogP contribution in [0, 0.1) is 5.92 Å². The molecule has 1 aliphatic heterocycles. The number of rotatable bonds is 5. The molecule has 0 amide bonds. The van der Waals surface area contributed by atoms with Gasteiger partial charge in [-0.2, -0.15) is 0 Å². The van der Waals surface area contributed by atoms with Crippen molar-refractivity contribution in [1.82, 2.24) is 4.90 Å². The summed E-state index contributed by atoms with van der Waals surface area (Å²) in [6.07, 6.45) is 1.93. The van der Waals surface area contributed by atoms with Crippen LogP contribution in [0.25, 0.3) is 0 Å². The van der Waals surface area contributed by atoms with Crippen LogP contribution < -0.4 is 5.73 Å². The van der Waals surface area contributed by atoms with Crippen molar-refractivity contribution >= 4 is 17.6 Å². The second kappa shape index (κ2) is 7.78. The maximum absolute atomic E-state index is 11.9. The van der Waals surface area contributed by atoms with Gasteiger partial charge in [0.2, 0.25) is 0 Å². The third-order valence-corrected chi connectivity index (χ3v) is 4.22. The zero-order valence-corrected chi connectivity index (χ0v) is 13.2. The van der Waals surface area contributed by atoms with Gasteiger partial charge in [0.25, 0.3) is 0 Å². The van der Waals surface area contributed by atoms with Gasteiger partial charge in [-0.3, -0.25) is 9.69 Å². The molecule has 0 bridgehead atoms. The Labute approximate surface area is 131 Å². The molecule has 2 rings (SSSR count). The number of hydrogen-bond acceptors (Lipinski definition) is 4. The van der Waals surface area contributed by atoms with Crippen LogP contribution in [0.4, 0.5) is 0 Å². The van der Waals surface area contributed by atoms with Crippen molar-refractivity contribution in [3.05, 3.63) is 34.3 Å². The Morgan fingerprint density at radius 2 is 2.33 bits per heavy atom. The van der Waals surface area contributed by atoms with Gasteiger partial charge in [-0.05, 0) is 43.5 Å². The van der Waals surface area contributed by atoms with Crippen LogP contribution in [0.3, 0.4) is 0 Å². The van der Waals surface area contributed by atoms with Gasteiger partial charge < -0.3 is 10.5 Å². The largest absolute Gasteiger partial charge is 0.466 e. The lowest BCUT2D eigenvalue weighted by Crippen LogP contribution is -2.39. The topological polar surface area (TPSA) is 55.6 Å². The van der Waals surface area contributed by atoms with Gasteiger partial charge in [0, 0.05) is 24.7 Å². The number of ether oxygens (including phenoxy) is 1. The Morgan fingerprint density at radius 1 is 1.52 bits per heavy atom. The molecule has 1 aromatic rings. The van der Waals surface area contributed by atoms with Crippen LogP contribution in [0.15, 0.2) is 18.2 Å². The molecular formula is C16H23ClN2O2. The summed E-state index contributed by atoms with van der Waals surface area (Å²) in [6.45, 7) is 5.28. The van der Waals surface area contributed by atoms with Gasteiger partial charge in [0.1, 0.15) is 0 Å². The Kier molecular flexibility index (Phi) is 6.03. The van der Waals surface area contributed by atoms with Gasteiger partial charge >= 0.3 is 5.97 Å². The molecule has 1 unspecified atom stereocenters. The first-order chi connectivity index (χ1) is 10.1. The van der Waals surface area contributed by atoms with Crippen molar-refractivity contribution in [3.63, 3.8) is 0 Å². The summed E-state index contributed by atoms with van der Waals surface area (Å²) >= 11 is 6.30. The fourth-order valence-electron chi connectivity index (χ4n) is 2.74. The molecule has 2 N–H and O–H groups in total. The first-order valence-corrected chi connectivity index (χ1v) is 7.88. The average molecular weight is 311 g/mol. The third kappa shape index (κ3) is 4.43. The van der Waals surface area contributed by atoms with E-state index in [1.165, 1.54) is 0 Å². The number of esters is 1. The molecule has 1 fully saturated rings. The van der Waals surface area contributed by atoms with Crippen LogP contribution in [-0.2, 0) is 22.6 Å². The molecule has 1 atom stereocenters. The molecule has 1 heterocycles. The molecule has 4 nitrogen and oxygen atoms in total. The summed E-state index contributed by atoms with van der Waals surface area (Å²) in [6, 6.07) is 5.95. The van der Waals surface area contributed by atoms with E-state index in [1.54, 1.807) is 0 Å². The van der Waals surface area contributed by atoms with E-state index in [9.17, 15) is 4.79 Å². The van der Waals surface area contributed by atoms with E-state index >= 15 is 0 Å². The number of halogens is 1. The molecule has 0 aliphatic carbocycles. The fourth-order valence-corrected chi connectivity index (χ4v) is 3.00. The average Bonchev–Trinajstić information content (AvgIpc) is 2.50. The third-order valence-electron chi connectivity index (χ3n) is 3.87. The summed E-state index contributed by atoms with van der Waals surface area (Å²) in [7, 11) is 0. The lowest BCUT2D eigenvalue weighted by molar-refractivity contribution is -0.150. The maximum Gasteiger partial charge on any atom is 0.310 e. The summed E-state index contributed by atoms with van der Waals surface area (Å²) < 4.78 is 5.13. The standard InChI is InChI=1S/C16H23ClN2O2/c1-2-21-16(20)14-4-3-7-19(11-14)10-13-6-5-12(9-18)8-15(13)17/h5-6,8,14H,2-4,7,9-11,18H2,1H3. The fraction of sp³-hybridized carbons (Fsp3) is 0.562. The molecule has 1 aromatic carbocycles. The van der Waals surface area contributed by atoms with Crippen LogP contribution in [-0.4, -0.2) is 30.6 Å². The van der Waals surface area contributed by atoms with Crippen molar-refractivity contribution in [2.24, 2.45) is 11.7 Å². The normalized spacial score (nSPS) is 19.5. The van der Waals surface area contributed by atoms with E-state index in [4.69, 9.17) is 22.1 Å². The van der Waals surface area contributed by atoms with E-state index < -0.39 is 0 Å². The van der Waals surface area contributed by atoms with Crippen LogP contribution in [0.1, 0.15) is 30.9 Å².